The zero-order chi connectivity index (χ0) is 21.1. The summed E-state index contributed by atoms with van der Waals surface area (Å²) in [6.45, 7) is 1.38. The van der Waals surface area contributed by atoms with E-state index in [0.717, 1.165) is 24.0 Å². The van der Waals surface area contributed by atoms with Crippen molar-refractivity contribution >= 4 is 11.9 Å². The lowest BCUT2D eigenvalue weighted by Crippen LogP contribution is -3.15. The number of benzene rings is 2. The van der Waals surface area contributed by atoms with Gasteiger partial charge in [-0.1, -0.05) is 42.5 Å². The molecule has 2 heterocycles. The van der Waals surface area contributed by atoms with Crippen LogP contribution >= 0.6 is 0 Å². The molecule has 0 amide bonds. The highest BCUT2D eigenvalue weighted by atomic mass is 16.5. The van der Waals surface area contributed by atoms with Crippen molar-refractivity contribution in [3.05, 3.63) is 65.7 Å². The molecule has 2 aromatic carbocycles. The van der Waals surface area contributed by atoms with Crippen molar-refractivity contribution in [2.24, 2.45) is 0 Å². The minimum atomic E-state index is -0.351. The lowest BCUT2D eigenvalue weighted by atomic mass is 9.91. The number of fused-ring (bicyclic) bond motifs is 2. The second-order valence-corrected chi connectivity index (χ2v) is 8.65. The Morgan fingerprint density at radius 3 is 2.23 bits per heavy atom. The van der Waals surface area contributed by atoms with Crippen LogP contribution in [0.15, 0.2) is 54.6 Å². The molecule has 2 unspecified atom stereocenters. The van der Waals surface area contributed by atoms with Gasteiger partial charge in [0.05, 0.1) is 25.0 Å². The first-order valence-electron chi connectivity index (χ1n) is 10.9. The smallest absolute Gasteiger partial charge is 0.314 e. The number of carbonyl (C=O) groups excluding carboxylic acids is 2. The number of piperidine rings is 1. The van der Waals surface area contributed by atoms with Crippen LogP contribution in [0.3, 0.4) is 0 Å². The van der Waals surface area contributed by atoms with Gasteiger partial charge in [0, 0.05) is 32.6 Å². The highest BCUT2D eigenvalue weighted by Crippen LogP contribution is 2.29. The molecule has 0 radical (unpaired) electrons. The summed E-state index contributed by atoms with van der Waals surface area (Å²) in [5, 5.41) is 0. The van der Waals surface area contributed by atoms with Crippen molar-refractivity contribution in [2.45, 2.75) is 63.1 Å². The largest absolute Gasteiger partial charge is 0.461 e. The van der Waals surface area contributed by atoms with Crippen LogP contribution in [0, 0.1) is 0 Å². The number of hydrogen-bond acceptors (Lipinski definition) is 4. The molecule has 2 bridgehead atoms. The molecule has 30 heavy (non-hydrogen) atoms. The Morgan fingerprint density at radius 2 is 1.63 bits per heavy atom. The molecular weight excluding hydrogens is 378 g/mol. The highest BCUT2D eigenvalue weighted by molar-refractivity contribution is 5.79. The van der Waals surface area contributed by atoms with E-state index < -0.39 is 0 Å². The van der Waals surface area contributed by atoms with Crippen LogP contribution in [-0.4, -0.2) is 37.2 Å². The number of carbonyl (C=O) groups is 2. The van der Waals surface area contributed by atoms with E-state index in [1.807, 2.05) is 42.5 Å². The highest BCUT2D eigenvalue weighted by Gasteiger charge is 2.44. The third-order valence-corrected chi connectivity index (χ3v) is 6.64. The Bertz CT molecular complexity index is 866. The van der Waals surface area contributed by atoms with Crippen LogP contribution in [0.5, 0.6) is 5.75 Å². The standard InChI is InChI=1S/C25H29NO4/c1-17(27)29-22-12-8-18(9-13-22)14-24(19-6-4-3-5-7-19)25(28)30-23-15-20-10-11-21(16-23)26(20)2/h3-9,12-13,20-21,23-24H,10-11,14-16H2,1-2H3/p+1/t20-,21+,23?,24-/m0/s1. The average Bonchev–Trinajstić information content (AvgIpc) is 2.94. The van der Waals surface area contributed by atoms with Gasteiger partial charge in [-0.2, -0.15) is 0 Å². The number of esters is 2. The lowest BCUT2D eigenvalue weighted by Gasteiger charge is -2.33. The molecule has 1 N–H and O–H groups in total. The van der Waals surface area contributed by atoms with Gasteiger partial charge in [0.2, 0.25) is 0 Å². The van der Waals surface area contributed by atoms with Crippen molar-refractivity contribution in [3.63, 3.8) is 0 Å². The van der Waals surface area contributed by atoms with Crippen LogP contribution in [0.2, 0.25) is 0 Å². The van der Waals surface area contributed by atoms with E-state index in [4.69, 9.17) is 9.47 Å². The summed E-state index contributed by atoms with van der Waals surface area (Å²) >= 11 is 0. The minimum absolute atomic E-state index is 0.0243. The zero-order valence-corrected chi connectivity index (χ0v) is 17.7. The van der Waals surface area contributed by atoms with Gasteiger partial charge in [0.1, 0.15) is 11.9 Å². The SMILES string of the molecule is CC(=O)Oc1ccc(C[C@H](C(=O)OC2C[C@H]3CC[C@@H](C2)[NH+]3C)c2ccccc2)cc1. The Labute approximate surface area is 178 Å². The van der Waals surface area contributed by atoms with Crippen LogP contribution < -0.4 is 9.64 Å². The molecule has 2 aliphatic rings. The summed E-state index contributed by atoms with van der Waals surface area (Å²) in [5.41, 5.74) is 1.97. The maximum atomic E-state index is 13.2. The Hall–Kier alpha value is -2.66. The summed E-state index contributed by atoms with van der Waals surface area (Å²) in [4.78, 5) is 26.0. The van der Waals surface area contributed by atoms with Gasteiger partial charge in [-0.25, -0.2) is 0 Å². The molecule has 158 valence electrons. The summed E-state index contributed by atoms with van der Waals surface area (Å²) < 4.78 is 11.2. The minimum Gasteiger partial charge on any atom is -0.461 e. The normalized spacial score (nSPS) is 26.1. The first kappa shape index (κ1) is 20.6. The van der Waals surface area contributed by atoms with Crippen molar-refractivity contribution < 1.29 is 24.0 Å². The summed E-state index contributed by atoms with van der Waals surface area (Å²) in [7, 11) is 2.27. The van der Waals surface area contributed by atoms with Crippen molar-refractivity contribution in [1.82, 2.24) is 0 Å². The fourth-order valence-electron chi connectivity index (χ4n) is 4.99. The van der Waals surface area contributed by atoms with Crippen molar-refractivity contribution in [1.29, 1.82) is 0 Å². The second kappa shape index (κ2) is 9.00. The molecule has 2 saturated heterocycles. The topological polar surface area (TPSA) is 57.0 Å². The third-order valence-electron chi connectivity index (χ3n) is 6.64. The van der Waals surface area contributed by atoms with Crippen molar-refractivity contribution in [2.75, 3.05) is 7.05 Å². The van der Waals surface area contributed by atoms with Gasteiger partial charge in [-0.15, -0.1) is 0 Å². The van der Waals surface area contributed by atoms with Crippen LogP contribution in [-0.2, 0) is 20.7 Å². The fourth-order valence-corrected chi connectivity index (χ4v) is 4.99. The van der Waals surface area contributed by atoms with Crippen LogP contribution in [0.1, 0.15) is 49.7 Å². The van der Waals surface area contributed by atoms with Crippen molar-refractivity contribution in [3.8, 4) is 5.75 Å². The number of rotatable bonds is 6. The van der Waals surface area contributed by atoms with E-state index in [0.29, 0.717) is 24.3 Å². The zero-order valence-electron chi connectivity index (χ0n) is 17.7. The third kappa shape index (κ3) is 4.73. The number of nitrogens with one attached hydrogen (secondary N) is 1. The molecule has 2 aromatic rings. The molecule has 4 rings (SSSR count). The average molecular weight is 409 g/mol. The molecule has 2 aliphatic heterocycles. The van der Waals surface area contributed by atoms with Gasteiger partial charge in [-0.05, 0) is 29.7 Å². The predicted molar refractivity (Wildman–Crippen MR) is 113 cm³/mol. The Balaban J connectivity index is 1.47. The van der Waals surface area contributed by atoms with E-state index in [9.17, 15) is 9.59 Å². The van der Waals surface area contributed by atoms with E-state index >= 15 is 0 Å². The number of hydrogen-bond donors (Lipinski definition) is 1. The van der Waals surface area contributed by atoms with E-state index in [1.165, 1.54) is 19.8 Å². The fraction of sp³-hybridized carbons (Fsp3) is 0.440. The molecule has 2 fully saturated rings. The Kier molecular flexibility index (Phi) is 6.18. The molecule has 0 spiro atoms. The molecule has 5 atom stereocenters. The van der Waals surface area contributed by atoms with Gasteiger partial charge in [0.25, 0.3) is 0 Å². The molecular formula is C25H30NO4+. The molecule has 5 nitrogen and oxygen atoms in total. The van der Waals surface area contributed by atoms with Crippen LogP contribution in [0.4, 0.5) is 0 Å². The monoisotopic (exact) mass is 408 g/mol. The van der Waals surface area contributed by atoms with E-state index in [1.54, 1.807) is 17.0 Å². The molecule has 0 aliphatic carbocycles. The van der Waals surface area contributed by atoms with Crippen LogP contribution in [0.25, 0.3) is 0 Å². The maximum absolute atomic E-state index is 13.2. The van der Waals surface area contributed by atoms with Gasteiger partial charge < -0.3 is 14.4 Å². The molecule has 0 saturated carbocycles. The van der Waals surface area contributed by atoms with Gasteiger partial charge in [-0.3, -0.25) is 9.59 Å². The molecule has 5 heteroatoms. The Morgan fingerprint density at radius 1 is 1.00 bits per heavy atom. The number of quaternary nitrogens is 1. The summed E-state index contributed by atoms with van der Waals surface area (Å²) in [6, 6.07) is 18.4. The van der Waals surface area contributed by atoms with Gasteiger partial charge >= 0.3 is 11.9 Å². The second-order valence-electron chi connectivity index (χ2n) is 8.65. The summed E-state index contributed by atoms with van der Waals surface area (Å²) in [5.74, 6) is -0.332. The van der Waals surface area contributed by atoms with E-state index in [-0.39, 0.29) is 24.0 Å². The maximum Gasteiger partial charge on any atom is 0.314 e. The predicted octanol–water partition coefficient (Wildman–Crippen LogP) is 2.69. The van der Waals surface area contributed by atoms with E-state index in [2.05, 4.69) is 7.05 Å². The number of ether oxygens (including phenoxy) is 2. The quantitative estimate of drug-likeness (QED) is 0.590. The summed E-state index contributed by atoms with van der Waals surface area (Å²) in [6.07, 6.45) is 4.98. The lowest BCUT2D eigenvalue weighted by molar-refractivity contribution is -0.923. The first-order chi connectivity index (χ1) is 14.5. The first-order valence-corrected chi connectivity index (χ1v) is 10.9. The van der Waals surface area contributed by atoms with Gasteiger partial charge in [0.15, 0.2) is 0 Å². The molecule has 0 aromatic heterocycles.